The normalized spacial score (nSPS) is 11.0. The number of amides is 1. The van der Waals surface area contributed by atoms with Crippen LogP contribution >= 0.6 is 23.2 Å². The molecule has 0 fully saturated rings. The van der Waals surface area contributed by atoms with Gasteiger partial charge in [-0.3, -0.25) is 4.79 Å². The van der Waals surface area contributed by atoms with E-state index in [0.29, 0.717) is 28.8 Å². The fourth-order valence-corrected chi connectivity index (χ4v) is 3.29. The average molecular weight is 431 g/mol. The molecule has 1 N–H and O–H groups in total. The van der Waals surface area contributed by atoms with Crippen LogP contribution in [-0.2, 0) is 4.79 Å². The summed E-state index contributed by atoms with van der Waals surface area (Å²) in [5.74, 6) is 1.15. The maximum atomic E-state index is 12.0. The summed E-state index contributed by atoms with van der Waals surface area (Å²) in [6, 6.07) is 16.7. The molecule has 0 spiro atoms. The van der Waals surface area contributed by atoms with Crippen molar-refractivity contribution in [2.45, 2.75) is 12.8 Å². The molecule has 150 valence electrons. The largest absolute Gasteiger partial charge is 0.496 e. The summed E-state index contributed by atoms with van der Waals surface area (Å²) in [7, 11) is 1.64. The molecule has 1 amide bonds. The number of fused-ring (bicyclic) bond motifs is 1. The van der Waals surface area contributed by atoms with Crippen LogP contribution in [0.2, 0.25) is 10.0 Å². The Morgan fingerprint density at radius 1 is 1.07 bits per heavy atom. The minimum Gasteiger partial charge on any atom is -0.496 e. The van der Waals surface area contributed by atoms with Crippen LogP contribution in [0.4, 0.5) is 0 Å². The molecule has 0 aliphatic heterocycles. The first-order chi connectivity index (χ1) is 14.1. The lowest BCUT2D eigenvalue weighted by molar-refractivity contribution is -0.121. The van der Waals surface area contributed by atoms with Crippen molar-refractivity contribution < 1.29 is 14.3 Å². The first kappa shape index (κ1) is 21.0. The van der Waals surface area contributed by atoms with Gasteiger partial charge in [0.25, 0.3) is 0 Å². The van der Waals surface area contributed by atoms with Crippen molar-refractivity contribution in [2.75, 3.05) is 13.7 Å². The number of hydrogen-bond donors (Lipinski definition) is 1. The van der Waals surface area contributed by atoms with Gasteiger partial charge in [-0.2, -0.15) is 5.10 Å². The summed E-state index contributed by atoms with van der Waals surface area (Å²) >= 11 is 11.9. The first-order valence-electron chi connectivity index (χ1n) is 9.04. The minimum absolute atomic E-state index is 0.190. The van der Waals surface area contributed by atoms with Gasteiger partial charge in [0, 0.05) is 22.4 Å². The third-order valence-corrected chi connectivity index (χ3v) is 4.76. The van der Waals surface area contributed by atoms with Crippen LogP contribution in [0.1, 0.15) is 18.4 Å². The number of ether oxygens (including phenoxy) is 2. The molecular formula is C22H20Cl2N2O3. The first-order valence-corrected chi connectivity index (χ1v) is 9.79. The van der Waals surface area contributed by atoms with Crippen molar-refractivity contribution in [1.29, 1.82) is 0 Å². The molecule has 0 atom stereocenters. The van der Waals surface area contributed by atoms with E-state index in [1.165, 1.54) is 0 Å². The summed E-state index contributed by atoms with van der Waals surface area (Å²) in [5, 5.41) is 7.04. The van der Waals surface area contributed by atoms with E-state index in [0.717, 1.165) is 22.1 Å². The molecule has 0 unspecified atom stereocenters. The number of halogens is 2. The van der Waals surface area contributed by atoms with Crippen molar-refractivity contribution in [3.63, 3.8) is 0 Å². The van der Waals surface area contributed by atoms with Crippen LogP contribution < -0.4 is 14.9 Å². The number of hydrazone groups is 1. The lowest BCUT2D eigenvalue weighted by Gasteiger charge is -2.08. The van der Waals surface area contributed by atoms with E-state index < -0.39 is 0 Å². The van der Waals surface area contributed by atoms with Gasteiger partial charge in [-0.1, -0.05) is 47.5 Å². The molecule has 5 nitrogen and oxygen atoms in total. The van der Waals surface area contributed by atoms with Crippen LogP contribution in [0.3, 0.4) is 0 Å². The molecule has 3 rings (SSSR count). The Labute approximate surface area is 179 Å². The molecule has 0 heterocycles. The molecule has 0 saturated heterocycles. The van der Waals surface area contributed by atoms with E-state index in [2.05, 4.69) is 10.5 Å². The van der Waals surface area contributed by atoms with Gasteiger partial charge in [-0.15, -0.1) is 0 Å². The fourth-order valence-electron chi connectivity index (χ4n) is 2.82. The van der Waals surface area contributed by atoms with Crippen LogP contribution in [0.15, 0.2) is 59.7 Å². The van der Waals surface area contributed by atoms with E-state index in [-0.39, 0.29) is 12.3 Å². The quantitative estimate of drug-likeness (QED) is 0.293. The second-order valence-electron chi connectivity index (χ2n) is 6.22. The standard InChI is InChI=1S/C22H20Cl2N2O3/c1-28-20-10-8-15(17-5-2-3-6-18(17)20)14-25-26-22(27)7-4-12-29-21-11-9-16(23)13-19(21)24/h2-3,5-6,8-11,13-14H,4,7,12H2,1H3,(H,26,27). The third-order valence-electron chi connectivity index (χ3n) is 4.23. The average Bonchev–Trinajstić information content (AvgIpc) is 2.72. The lowest BCUT2D eigenvalue weighted by atomic mass is 10.0. The number of carbonyl (C=O) groups excluding carboxylic acids is 1. The summed E-state index contributed by atoms with van der Waals surface area (Å²) in [5.41, 5.74) is 3.43. The van der Waals surface area contributed by atoms with E-state index in [1.807, 2.05) is 36.4 Å². The Bertz CT molecular complexity index is 1040. The topological polar surface area (TPSA) is 59.9 Å². The van der Waals surface area contributed by atoms with Crippen LogP contribution in [0.5, 0.6) is 11.5 Å². The van der Waals surface area contributed by atoms with Crippen molar-refractivity contribution in [3.8, 4) is 11.5 Å². The highest BCUT2D eigenvalue weighted by atomic mass is 35.5. The Hall–Kier alpha value is -2.76. The van der Waals surface area contributed by atoms with E-state index >= 15 is 0 Å². The van der Waals surface area contributed by atoms with Gasteiger partial charge >= 0.3 is 0 Å². The van der Waals surface area contributed by atoms with Crippen LogP contribution in [0, 0.1) is 0 Å². The lowest BCUT2D eigenvalue weighted by Crippen LogP contribution is -2.18. The Morgan fingerprint density at radius 2 is 1.83 bits per heavy atom. The van der Waals surface area contributed by atoms with Gasteiger partial charge in [0.2, 0.25) is 5.91 Å². The molecule has 3 aromatic rings. The van der Waals surface area contributed by atoms with Crippen molar-refractivity contribution in [1.82, 2.24) is 5.43 Å². The predicted octanol–water partition coefficient (Wildman–Crippen LogP) is 5.46. The molecule has 0 saturated carbocycles. The van der Waals surface area contributed by atoms with Gasteiger partial charge in [-0.25, -0.2) is 5.43 Å². The fraction of sp³-hybridized carbons (Fsp3) is 0.182. The number of rotatable bonds is 8. The SMILES string of the molecule is COc1ccc(C=NNC(=O)CCCOc2ccc(Cl)cc2Cl)c2ccccc12. The summed E-state index contributed by atoms with van der Waals surface area (Å²) in [6.07, 6.45) is 2.45. The summed E-state index contributed by atoms with van der Waals surface area (Å²) in [4.78, 5) is 12.0. The van der Waals surface area contributed by atoms with E-state index in [9.17, 15) is 4.79 Å². The van der Waals surface area contributed by atoms with Gasteiger partial charge in [0.1, 0.15) is 11.5 Å². The minimum atomic E-state index is -0.190. The highest BCUT2D eigenvalue weighted by Gasteiger charge is 2.06. The number of hydrogen-bond acceptors (Lipinski definition) is 4. The number of methoxy groups -OCH3 is 1. The number of carbonyl (C=O) groups is 1. The van der Waals surface area contributed by atoms with Gasteiger partial charge in [0.15, 0.2) is 0 Å². The highest BCUT2D eigenvalue weighted by Crippen LogP contribution is 2.28. The molecule has 29 heavy (non-hydrogen) atoms. The van der Waals surface area contributed by atoms with Gasteiger partial charge in [0.05, 0.1) is 25.0 Å². The Kier molecular flexibility index (Phi) is 7.33. The van der Waals surface area contributed by atoms with Crippen LogP contribution in [0.25, 0.3) is 10.8 Å². The number of nitrogens with one attached hydrogen (secondary N) is 1. The van der Waals surface area contributed by atoms with Crippen molar-refractivity contribution >= 4 is 46.1 Å². The van der Waals surface area contributed by atoms with Crippen molar-refractivity contribution in [2.24, 2.45) is 5.10 Å². The second-order valence-corrected chi connectivity index (χ2v) is 7.07. The zero-order chi connectivity index (χ0) is 20.6. The monoisotopic (exact) mass is 430 g/mol. The maximum absolute atomic E-state index is 12.0. The zero-order valence-electron chi connectivity index (χ0n) is 15.8. The molecule has 0 radical (unpaired) electrons. The summed E-state index contributed by atoms with van der Waals surface area (Å²) in [6.45, 7) is 0.363. The predicted molar refractivity (Wildman–Crippen MR) is 117 cm³/mol. The molecule has 7 heteroatoms. The molecular weight excluding hydrogens is 411 g/mol. The number of nitrogens with zero attached hydrogens (tertiary/aromatic N) is 1. The van der Waals surface area contributed by atoms with E-state index in [1.54, 1.807) is 31.5 Å². The van der Waals surface area contributed by atoms with Gasteiger partial charge < -0.3 is 9.47 Å². The highest BCUT2D eigenvalue weighted by molar-refractivity contribution is 6.35. The zero-order valence-corrected chi connectivity index (χ0v) is 17.3. The maximum Gasteiger partial charge on any atom is 0.240 e. The molecule has 0 aromatic heterocycles. The number of benzene rings is 3. The molecule has 0 bridgehead atoms. The Balaban J connectivity index is 1.49. The van der Waals surface area contributed by atoms with E-state index in [4.69, 9.17) is 32.7 Å². The van der Waals surface area contributed by atoms with Gasteiger partial charge in [-0.05, 0) is 42.1 Å². The summed E-state index contributed by atoms with van der Waals surface area (Å²) < 4.78 is 10.9. The van der Waals surface area contributed by atoms with Crippen LogP contribution in [-0.4, -0.2) is 25.8 Å². The molecule has 0 aliphatic rings. The molecule has 0 aliphatic carbocycles. The Morgan fingerprint density at radius 3 is 2.59 bits per heavy atom. The van der Waals surface area contributed by atoms with Crippen molar-refractivity contribution in [3.05, 3.63) is 70.2 Å². The smallest absolute Gasteiger partial charge is 0.240 e. The molecule has 3 aromatic carbocycles. The third kappa shape index (κ3) is 5.62. The second kappa shape index (κ2) is 10.1.